The van der Waals surface area contributed by atoms with Crippen molar-refractivity contribution in [3.63, 3.8) is 0 Å². The van der Waals surface area contributed by atoms with E-state index in [4.69, 9.17) is 11.6 Å². The summed E-state index contributed by atoms with van der Waals surface area (Å²) in [5.41, 5.74) is 3.73. The van der Waals surface area contributed by atoms with Gasteiger partial charge in [0.25, 0.3) is 11.8 Å². The predicted molar refractivity (Wildman–Crippen MR) is 113 cm³/mol. The summed E-state index contributed by atoms with van der Waals surface area (Å²) in [6.45, 7) is 2.47. The van der Waals surface area contributed by atoms with Crippen molar-refractivity contribution in [2.45, 2.75) is 19.4 Å². The number of aromatic nitrogens is 1. The quantitative estimate of drug-likeness (QED) is 0.625. The van der Waals surface area contributed by atoms with E-state index in [-0.39, 0.29) is 28.8 Å². The SMILES string of the molecule is C[C@@H](NC(=O)c1ccc(F)cc1)c1ccc2c(c1)CCN2C(=O)c1ccnc(Cl)c1. The summed E-state index contributed by atoms with van der Waals surface area (Å²) in [6.07, 6.45) is 2.24. The van der Waals surface area contributed by atoms with E-state index in [0.717, 1.165) is 23.2 Å². The second kappa shape index (κ2) is 8.24. The largest absolute Gasteiger partial charge is 0.346 e. The first-order valence-corrected chi connectivity index (χ1v) is 9.93. The standard InChI is InChI=1S/C23H19ClFN3O2/c1-14(27-22(29)15-2-5-19(25)6-3-15)16-4-7-20-17(12-16)9-11-28(20)23(30)18-8-10-26-21(24)13-18/h2-8,10,12-14H,9,11H2,1H3,(H,27,29)/t14-/m1/s1. The molecule has 0 fully saturated rings. The lowest BCUT2D eigenvalue weighted by atomic mass is 10.0. The molecule has 1 aliphatic heterocycles. The summed E-state index contributed by atoms with van der Waals surface area (Å²) >= 11 is 5.91. The topological polar surface area (TPSA) is 62.3 Å². The molecule has 1 aliphatic rings. The van der Waals surface area contributed by atoms with Crippen molar-refractivity contribution in [1.82, 2.24) is 10.3 Å². The van der Waals surface area contributed by atoms with Crippen LogP contribution in [0, 0.1) is 5.82 Å². The smallest absolute Gasteiger partial charge is 0.258 e. The molecule has 30 heavy (non-hydrogen) atoms. The van der Waals surface area contributed by atoms with Crippen LogP contribution in [0.2, 0.25) is 5.15 Å². The molecule has 1 N–H and O–H groups in total. The Morgan fingerprint density at radius 3 is 2.60 bits per heavy atom. The summed E-state index contributed by atoms with van der Waals surface area (Å²) < 4.78 is 13.1. The summed E-state index contributed by atoms with van der Waals surface area (Å²) in [4.78, 5) is 30.9. The van der Waals surface area contributed by atoms with Gasteiger partial charge in [-0.1, -0.05) is 23.7 Å². The van der Waals surface area contributed by atoms with Crippen LogP contribution >= 0.6 is 11.6 Å². The highest BCUT2D eigenvalue weighted by Gasteiger charge is 2.26. The highest BCUT2D eigenvalue weighted by Crippen LogP contribution is 2.32. The fourth-order valence-electron chi connectivity index (χ4n) is 3.56. The molecule has 5 nitrogen and oxygen atoms in total. The molecule has 3 aromatic rings. The monoisotopic (exact) mass is 423 g/mol. The van der Waals surface area contributed by atoms with Crippen molar-refractivity contribution in [3.8, 4) is 0 Å². The number of carbonyl (C=O) groups is 2. The van der Waals surface area contributed by atoms with Crippen molar-refractivity contribution < 1.29 is 14.0 Å². The zero-order valence-corrected chi connectivity index (χ0v) is 17.0. The van der Waals surface area contributed by atoms with Gasteiger partial charge in [0.05, 0.1) is 6.04 Å². The second-order valence-electron chi connectivity index (χ2n) is 7.16. The van der Waals surface area contributed by atoms with Gasteiger partial charge in [0.2, 0.25) is 0 Å². The summed E-state index contributed by atoms with van der Waals surface area (Å²) in [5.74, 6) is -0.774. The maximum Gasteiger partial charge on any atom is 0.258 e. The van der Waals surface area contributed by atoms with Gasteiger partial charge in [0, 0.05) is 29.6 Å². The Labute approximate surface area is 178 Å². The summed E-state index contributed by atoms with van der Waals surface area (Å²) in [6, 6.07) is 14.2. The van der Waals surface area contributed by atoms with Crippen LogP contribution in [0.25, 0.3) is 0 Å². The number of halogens is 2. The molecule has 2 amide bonds. The van der Waals surface area contributed by atoms with E-state index in [1.165, 1.54) is 30.5 Å². The first kappa shape index (κ1) is 20.0. The van der Waals surface area contributed by atoms with E-state index in [2.05, 4.69) is 10.3 Å². The fourth-order valence-corrected chi connectivity index (χ4v) is 3.73. The van der Waals surface area contributed by atoms with Crippen molar-refractivity contribution in [1.29, 1.82) is 0 Å². The van der Waals surface area contributed by atoms with Crippen LogP contribution in [0.3, 0.4) is 0 Å². The number of carbonyl (C=O) groups excluding carboxylic acids is 2. The minimum Gasteiger partial charge on any atom is -0.346 e. The van der Waals surface area contributed by atoms with Crippen LogP contribution in [0.4, 0.5) is 10.1 Å². The molecule has 2 heterocycles. The molecule has 0 bridgehead atoms. The molecule has 0 radical (unpaired) electrons. The molecule has 0 unspecified atom stereocenters. The molecule has 7 heteroatoms. The first-order valence-electron chi connectivity index (χ1n) is 9.55. The number of fused-ring (bicyclic) bond motifs is 1. The van der Waals surface area contributed by atoms with Gasteiger partial charge in [-0.05, 0) is 66.9 Å². The number of nitrogens with one attached hydrogen (secondary N) is 1. The number of anilines is 1. The number of pyridine rings is 1. The minimum absolute atomic E-state index is 0.122. The number of nitrogens with zero attached hydrogens (tertiary/aromatic N) is 2. The molecule has 152 valence electrons. The van der Waals surface area contributed by atoms with Gasteiger partial charge < -0.3 is 10.2 Å². The van der Waals surface area contributed by atoms with Crippen LogP contribution in [-0.2, 0) is 6.42 Å². The zero-order valence-electron chi connectivity index (χ0n) is 16.2. The van der Waals surface area contributed by atoms with Crippen molar-refractivity contribution >= 4 is 29.1 Å². The third-order valence-corrected chi connectivity index (χ3v) is 5.38. The van der Waals surface area contributed by atoms with Crippen LogP contribution in [0.15, 0.2) is 60.8 Å². The first-order chi connectivity index (χ1) is 14.4. The second-order valence-corrected chi connectivity index (χ2v) is 7.55. The number of hydrogen-bond acceptors (Lipinski definition) is 3. The Morgan fingerprint density at radius 1 is 1.10 bits per heavy atom. The van der Waals surface area contributed by atoms with E-state index in [0.29, 0.717) is 17.7 Å². The Hall–Kier alpha value is -3.25. The van der Waals surface area contributed by atoms with Gasteiger partial charge in [-0.15, -0.1) is 0 Å². The molecule has 0 saturated heterocycles. The molecule has 0 saturated carbocycles. The van der Waals surface area contributed by atoms with Gasteiger partial charge in [-0.25, -0.2) is 9.37 Å². The van der Waals surface area contributed by atoms with Gasteiger partial charge >= 0.3 is 0 Å². The van der Waals surface area contributed by atoms with Crippen LogP contribution in [-0.4, -0.2) is 23.3 Å². The average molecular weight is 424 g/mol. The van der Waals surface area contributed by atoms with E-state index >= 15 is 0 Å². The van der Waals surface area contributed by atoms with Crippen molar-refractivity contribution in [3.05, 3.63) is 94.0 Å². The van der Waals surface area contributed by atoms with Gasteiger partial charge in [0.15, 0.2) is 0 Å². The van der Waals surface area contributed by atoms with Crippen molar-refractivity contribution in [2.75, 3.05) is 11.4 Å². The Kier molecular flexibility index (Phi) is 5.50. The normalized spacial score (nSPS) is 13.6. The fraction of sp³-hybridized carbons (Fsp3) is 0.174. The van der Waals surface area contributed by atoms with Crippen LogP contribution in [0.5, 0.6) is 0 Å². The maximum atomic E-state index is 13.1. The zero-order chi connectivity index (χ0) is 21.3. The average Bonchev–Trinajstić information content (AvgIpc) is 3.16. The molecular weight excluding hydrogens is 405 g/mol. The molecule has 1 atom stereocenters. The third kappa shape index (κ3) is 4.04. The summed E-state index contributed by atoms with van der Waals surface area (Å²) in [7, 11) is 0. The molecule has 1 aromatic heterocycles. The Morgan fingerprint density at radius 2 is 1.87 bits per heavy atom. The number of hydrogen-bond donors (Lipinski definition) is 1. The van der Waals surface area contributed by atoms with Gasteiger partial charge in [-0.2, -0.15) is 0 Å². The van der Waals surface area contributed by atoms with Gasteiger partial charge in [-0.3, -0.25) is 9.59 Å². The highest BCUT2D eigenvalue weighted by molar-refractivity contribution is 6.29. The Bertz CT molecular complexity index is 1120. The number of benzene rings is 2. The minimum atomic E-state index is -0.383. The predicted octanol–water partition coefficient (Wildman–Crippen LogP) is 4.57. The summed E-state index contributed by atoms with van der Waals surface area (Å²) in [5, 5.41) is 3.20. The Balaban J connectivity index is 1.50. The van der Waals surface area contributed by atoms with Crippen LogP contribution < -0.4 is 10.2 Å². The molecular formula is C23H19ClFN3O2. The van der Waals surface area contributed by atoms with E-state index < -0.39 is 0 Å². The van der Waals surface area contributed by atoms with E-state index in [9.17, 15) is 14.0 Å². The lowest BCUT2D eigenvalue weighted by Gasteiger charge is -2.19. The molecule has 2 aromatic carbocycles. The lowest BCUT2D eigenvalue weighted by Crippen LogP contribution is -2.29. The number of rotatable bonds is 4. The van der Waals surface area contributed by atoms with E-state index in [1.807, 2.05) is 25.1 Å². The van der Waals surface area contributed by atoms with E-state index in [1.54, 1.807) is 17.0 Å². The third-order valence-electron chi connectivity index (χ3n) is 5.17. The maximum absolute atomic E-state index is 13.1. The molecule has 4 rings (SSSR count). The molecule has 0 spiro atoms. The highest BCUT2D eigenvalue weighted by atomic mass is 35.5. The van der Waals surface area contributed by atoms with Gasteiger partial charge in [0.1, 0.15) is 11.0 Å². The van der Waals surface area contributed by atoms with Crippen LogP contribution in [0.1, 0.15) is 44.8 Å². The molecule has 0 aliphatic carbocycles. The van der Waals surface area contributed by atoms with Crippen molar-refractivity contribution in [2.24, 2.45) is 0 Å². The lowest BCUT2D eigenvalue weighted by molar-refractivity contribution is 0.0938. The number of amides is 2.